The molecular weight excluding hydrogens is 327 g/mol. The second-order valence-corrected chi connectivity index (χ2v) is 4.79. The molecule has 0 aliphatic carbocycles. The molecule has 0 aliphatic rings. The zero-order chi connectivity index (χ0) is 14.5. The highest BCUT2D eigenvalue weighted by Gasteiger charge is 2.08. The molecule has 0 radical (unpaired) electrons. The number of rotatable bonds is 3. The Balaban J connectivity index is 2.08. The van der Waals surface area contributed by atoms with Crippen LogP contribution in [0, 0.1) is 5.82 Å². The first-order valence-corrected chi connectivity index (χ1v) is 6.42. The van der Waals surface area contributed by atoms with Crippen LogP contribution in [0.2, 0.25) is 0 Å². The third kappa shape index (κ3) is 3.64. The summed E-state index contributed by atoms with van der Waals surface area (Å²) < 4.78 is 13.9. The van der Waals surface area contributed by atoms with E-state index in [1.165, 1.54) is 18.2 Å². The Hall–Kier alpha value is -2.21. The van der Waals surface area contributed by atoms with Crippen molar-refractivity contribution < 1.29 is 14.0 Å². The van der Waals surface area contributed by atoms with E-state index in [2.05, 4.69) is 25.9 Å². The summed E-state index contributed by atoms with van der Waals surface area (Å²) in [5.41, 5.74) is 6.36. The quantitative estimate of drug-likeness (QED) is 0.405. The third-order valence-electron chi connectivity index (χ3n) is 2.43. The molecule has 102 valence electrons. The van der Waals surface area contributed by atoms with Crippen LogP contribution in [0.4, 0.5) is 4.39 Å². The van der Waals surface area contributed by atoms with Gasteiger partial charge in [0.05, 0.1) is 5.56 Å². The number of amidine groups is 1. The molecule has 0 amide bonds. The lowest BCUT2D eigenvalue weighted by atomic mass is 10.2. The Morgan fingerprint density at radius 1 is 1.15 bits per heavy atom. The zero-order valence-corrected chi connectivity index (χ0v) is 11.8. The molecule has 2 aromatic carbocycles. The molecule has 6 heteroatoms. The van der Waals surface area contributed by atoms with Crippen LogP contribution in [0.25, 0.3) is 0 Å². The predicted molar refractivity (Wildman–Crippen MR) is 76.7 cm³/mol. The van der Waals surface area contributed by atoms with Gasteiger partial charge in [-0.15, -0.1) is 0 Å². The summed E-state index contributed by atoms with van der Waals surface area (Å²) in [5, 5.41) is 3.54. The monoisotopic (exact) mass is 336 g/mol. The second kappa shape index (κ2) is 6.29. The number of oxime groups is 1. The number of nitrogens with two attached hydrogens (primary N) is 1. The third-order valence-corrected chi connectivity index (χ3v) is 2.96. The standard InChI is InChI=1S/C14H10BrFN2O2/c15-11-6-4-9(5-7-11)13(17)18-20-14(19)10-2-1-3-12(16)8-10/h1-8H,(H2,17,18). The van der Waals surface area contributed by atoms with E-state index in [9.17, 15) is 9.18 Å². The molecule has 2 rings (SSSR count). The Labute approximate surface area is 123 Å². The highest BCUT2D eigenvalue weighted by atomic mass is 79.9. The molecule has 4 nitrogen and oxygen atoms in total. The normalized spacial score (nSPS) is 11.2. The summed E-state index contributed by atoms with van der Waals surface area (Å²) in [5.74, 6) is -1.24. The van der Waals surface area contributed by atoms with E-state index < -0.39 is 11.8 Å². The second-order valence-electron chi connectivity index (χ2n) is 3.87. The van der Waals surface area contributed by atoms with Crippen molar-refractivity contribution in [2.75, 3.05) is 0 Å². The van der Waals surface area contributed by atoms with Crippen molar-refractivity contribution in [2.24, 2.45) is 10.9 Å². The molecule has 0 saturated carbocycles. The van der Waals surface area contributed by atoms with E-state index in [4.69, 9.17) is 5.73 Å². The summed E-state index contributed by atoms with van der Waals surface area (Å²) in [4.78, 5) is 16.3. The molecule has 2 N–H and O–H groups in total. The van der Waals surface area contributed by atoms with Gasteiger partial charge in [0.1, 0.15) is 5.82 Å². The fraction of sp³-hybridized carbons (Fsp3) is 0. The van der Waals surface area contributed by atoms with E-state index in [1.54, 1.807) is 24.3 Å². The topological polar surface area (TPSA) is 64.7 Å². The number of benzene rings is 2. The molecular formula is C14H10BrFN2O2. The maximum absolute atomic E-state index is 13.0. The summed E-state index contributed by atoms with van der Waals surface area (Å²) in [6.07, 6.45) is 0. The summed E-state index contributed by atoms with van der Waals surface area (Å²) in [6.45, 7) is 0. The van der Waals surface area contributed by atoms with Gasteiger partial charge in [0.25, 0.3) is 0 Å². The lowest BCUT2D eigenvalue weighted by Crippen LogP contribution is -2.15. The number of carbonyl (C=O) groups excluding carboxylic acids is 1. The maximum atomic E-state index is 13.0. The Kier molecular flexibility index (Phi) is 4.47. The molecule has 0 aromatic heterocycles. The minimum Gasteiger partial charge on any atom is -0.380 e. The van der Waals surface area contributed by atoms with E-state index in [0.717, 1.165) is 10.5 Å². The van der Waals surface area contributed by atoms with Crippen LogP contribution >= 0.6 is 15.9 Å². The minimum absolute atomic E-state index is 0.0576. The van der Waals surface area contributed by atoms with Gasteiger partial charge in [0.15, 0.2) is 5.84 Å². The summed E-state index contributed by atoms with van der Waals surface area (Å²) >= 11 is 3.29. The van der Waals surface area contributed by atoms with E-state index in [0.29, 0.717) is 5.56 Å². The average Bonchev–Trinajstić information content (AvgIpc) is 2.45. The van der Waals surface area contributed by atoms with Gasteiger partial charge in [-0.05, 0) is 30.3 Å². The molecule has 0 spiro atoms. The van der Waals surface area contributed by atoms with Gasteiger partial charge >= 0.3 is 5.97 Å². The van der Waals surface area contributed by atoms with E-state index >= 15 is 0 Å². The molecule has 0 atom stereocenters. The van der Waals surface area contributed by atoms with Crippen molar-refractivity contribution in [1.29, 1.82) is 0 Å². The van der Waals surface area contributed by atoms with Crippen LogP contribution in [-0.2, 0) is 4.84 Å². The van der Waals surface area contributed by atoms with Crippen molar-refractivity contribution in [1.82, 2.24) is 0 Å². The zero-order valence-electron chi connectivity index (χ0n) is 10.2. The lowest BCUT2D eigenvalue weighted by molar-refractivity contribution is 0.0515. The lowest BCUT2D eigenvalue weighted by Gasteiger charge is -2.01. The predicted octanol–water partition coefficient (Wildman–Crippen LogP) is 3.07. The van der Waals surface area contributed by atoms with Gasteiger partial charge < -0.3 is 10.6 Å². The number of carbonyl (C=O) groups is 1. The summed E-state index contributed by atoms with van der Waals surface area (Å²) in [6, 6.07) is 12.1. The van der Waals surface area contributed by atoms with Crippen LogP contribution in [0.15, 0.2) is 58.2 Å². The number of hydrogen-bond acceptors (Lipinski definition) is 3. The van der Waals surface area contributed by atoms with Crippen LogP contribution in [0.1, 0.15) is 15.9 Å². The van der Waals surface area contributed by atoms with Crippen LogP contribution in [0.3, 0.4) is 0 Å². The minimum atomic E-state index is -0.774. The molecule has 0 heterocycles. The highest BCUT2D eigenvalue weighted by molar-refractivity contribution is 9.10. The first-order valence-electron chi connectivity index (χ1n) is 5.62. The number of nitrogens with zero attached hydrogens (tertiary/aromatic N) is 1. The van der Waals surface area contributed by atoms with Crippen molar-refractivity contribution in [3.8, 4) is 0 Å². The van der Waals surface area contributed by atoms with E-state index in [-0.39, 0.29) is 11.4 Å². The fourth-order valence-electron chi connectivity index (χ4n) is 1.43. The van der Waals surface area contributed by atoms with Gasteiger partial charge in [-0.1, -0.05) is 39.3 Å². The van der Waals surface area contributed by atoms with Crippen molar-refractivity contribution in [3.05, 3.63) is 69.9 Å². The first kappa shape index (κ1) is 14.2. The molecule has 0 unspecified atom stereocenters. The smallest absolute Gasteiger partial charge is 0.365 e. The van der Waals surface area contributed by atoms with Gasteiger partial charge in [-0.3, -0.25) is 0 Å². The molecule has 0 fully saturated rings. The Bertz CT molecular complexity index is 656. The maximum Gasteiger partial charge on any atom is 0.365 e. The van der Waals surface area contributed by atoms with Crippen molar-refractivity contribution in [2.45, 2.75) is 0 Å². The van der Waals surface area contributed by atoms with Crippen LogP contribution < -0.4 is 5.73 Å². The number of halogens is 2. The highest BCUT2D eigenvalue weighted by Crippen LogP contribution is 2.11. The van der Waals surface area contributed by atoms with Crippen LogP contribution in [0.5, 0.6) is 0 Å². The van der Waals surface area contributed by atoms with Gasteiger partial charge in [0.2, 0.25) is 0 Å². The summed E-state index contributed by atoms with van der Waals surface area (Å²) in [7, 11) is 0. The van der Waals surface area contributed by atoms with Crippen molar-refractivity contribution >= 4 is 27.7 Å². The molecule has 0 aliphatic heterocycles. The largest absolute Gasteiger partial charge is 0.380 e. The molecule has 0 bridgehead atoms. The van der Waals surface area contributed by atoms with Gasteiger partial charge in [0, 0.05) is 10.0 Å². The first-order chi connectivity index (χ1) is 9.56. The molecule has 20 heavy (non-hydrogen) atoms. The average molecular weight is 337 g/mol. The number of hydrogen-bond donors (Lipinski definition) is 1. The van der Waals surface area contributed by atoms with Crippen LogP contribution in [-0.4, -0.2) is 11.8 Å². The molecule has 2 aromatic rings. The fourth-order valence-corrected chi connectivity index (χ4v) is 1.70. The SMILES string of the molecule is N/C(=N/OC(=O)c1cccc(F)c1)c1ccc(Br)cc1. The van der Waals surface area contributed by atoms with Crippen molar-refractivity contribution in [3.63, 3.8) is 0 Å². The Morgan fingerprint density at radius 3 is 2.50 bits per heavy atom. The molecule has 0 saturated heterocycles. The Morgan fingerprint density at radius 2 is 1.85 bits per heavy atom. The van der Waals surface area contributed by atoms with E-state index in [1.807, 2.05) is 0 Å². The van der Waals surface area contributed by atoms with Gasteiger partial charge in [-0.25, -0.2) is 9.18 Å². The van der Waals surface area contributed by atoms with Gasteiger partial charge in [-0.2, -0.15) is 0 Å².